The van der Waals surface area contributed by atoms with Crippen molar-refractivity contribution in [3.05, 3.63) is 61.8 Å². The van der Waals surface area contributed by atoms with Crippen LogP contribution in [0.4, 0.5) is 17.6 Å². The molecule has 1 aromatic carbocycles. The lowest BCUT2D eigenvalue weighted by atomic mass is 10.1. The highest BCUT2D eigenvalue weighted by Crippen LogP contribution is 2.32. The zero-order valence-electron chi connectivity index (χ0n) is 14.7. The molecule has 0 saturated heterocycles. The van der Waals surface area contributed by atoms with E-state index in [0.717, 1.165) is 17.4 Å². The molecule has 0 aliphatic heterocycles. The van der Waals surface area contributed by atoms with Crippen LogP contribution in [0.2, 0.25) is 0 Å². The van der Waals surface area contributed by atoms with Crippen molar-refractivity contribution in [1.29, 1.82) is 0 Å². The number of nitrogens with zero attached hydrogens (tertiary/aromatic N) is 1. The Hall–Kier alpha value is -2.75. The molecule has 148 valence electrons. The van der Waals surface area contributed by atoms with Crippen molar-refractivity contribution in [2.24, 2.45) is 0 Å². The number of aromatic amines is 1. The molecule has 5 nitrogen and oxygen atoms in total. The lowest BCUT2D eigenvalue weighted by molar-refractivity contribution is -0.140. The van der Waals surface area contributed by atoms with Gasteiger partial charge in [0.25, 0.3) is 5.56 Å². The van der Waals surface area contributed by atoms with Crippen LogP contribution in [0.3, 0.4) is 0 Å². The van der Waals surface area contributed by atoms with Crippen LogP contribution in [-0.4, -0.2) is 22.5 Å². The lowest BCUT2D eigenvalue weighted by Gasteiger charge is -2.10. The van der Waals surface area contributed by atoms with Gasteiger partial charge in [-0.2, -0.15) is 13.2 Å². The van der Waals surface area contributed by atoms with Gasteiger partial charge in [0.1, 0.15) is 21.3 Å². The van der Waals surface area contributed by atoms with Crippen LogP contribution in [0.25, 0.3) is 10.2 Å². The smallest absolute Gasteiger partial charge is 0.419 e. The molecule has 10 heteroatoms. The number of thiophene rings is 1. The fraction of sp³-hybridized carbons (Fsp3) is 0.278. The highest BCUT2D eigenvalue weighted by atomic mass is 32.1. The second kappa shape index (κ2) is 7.34. The fourth-order valence-electron chi connectivity index (χ4n) is 2.76. The number of ether oxygens (including phenoxy) is 1. The first-order valence-electron chi connectivity index (χ1n) is 8.16. The molecule has 3 rings (SSSR count). The molecule has 0 saturated carbocycles. The van der Waals surface area contributed by atoms with Gasteiger partial charge in [-0.15, -0.1) is 11.3 Å². The van der Waals surface area contributed by atoms with Gasteiger partial charge >= 0.3 is 12.1 Å². The topological polar surface area (TPSA) is 72.0 Å². The van der Waals surface area contributed by atoms with Gasteiger partial charge in [0.15, 0.2) is 0 Å². The summed E-state index contributed by atoms with van der Waals surface area (Å²) in [5, 5.41) is 0.229. The number of hydrogen-bond donors (Lipinski definition) is 1. The Morgan fingerprint density at radius 3 is 2.68 bits per heavy atom. The number of aromatic nitrogens is 2. The molecule has 0 amide bonds. The minimum atomic E-state index is -4.83. The Bertz CT molecular complexity index is 1120. The molecule has 28 heavy (non-hydrogen) atoms. The van der Waals surface area contributed by atoms with E-state index in [0.29, 0.717) is 11.6 Å². The second-order valence-corrected chi connectivity index (χ2v) is 6.96. The van der Waals surface area contributed by atoms with Gasteiger partial charge in [-0.05, 0) is 37.1 Å². The number of benzene rings is 1. The van der Waals surface area contributed by atoms with Gasteiger partial charge in [0.2, 0.25) is 0 Å². The van der Waals surface area contributed by atoms with Crippen LogP contribution in [0.5, 0.6) is 0 Å². The van der Waals surface area contributed by atoms with E-state index in [1.165, 1.54) is 6.07 Å². The highest BCUT2D eigenvalue weighted by molar-refractivity contribution is 7.20. The van der Waals surface area contributed by atoms with Crippen molar-refractivity contribution < 1.29 is 27.1 Å². The average Bonchev–Trinajstić information content (AvgIpc) is 2.93. The number of alkyl halides is 3. The first-order chi connectivity index (χ1) is 13.1. The van der Waals surface area contributed by atoms with Crippen molar-refractivity contribution in [2.45, 2.75) is 26.4 Å². The van der Waals surface area contributed by atoms with Gasteiger partial charge in [0, 0.05) is 6.42 Å². The molecule has 0 aliphatic carbocycles. The summed E-state index contributed by atoms with van der Waals surface area (Å²) in [6.07, 6.45) is -4.97. The zero-order valence-corrected chi connectivity index (χ0v) is 15.6. The molecule has 0 spiro atoms. The largest absolute Gasteiger partial charge is 0.462 e. The van der Waals surface area contributed by atoms with Crippen molar-refractivity contribution in [2.75, 3.05) is 6.61 Å². The molecule has 0 fully saturated rings. The van der Waals surface area contributed by atoms with Crippen LogP contribution < -0.4 is 5.56 Å². The van der Waals surface area contributed by atoms with Gasteiger partial charge in [-0.3, -0.25) is 4.79 Å². The molecule has 3 aromatic rings. The standard InChI is InChI=1S/C18H14F4N2O3S/c1-3-27-17(26)14-8(2)13-15(25)23-12(24-16(13)28-14)7-9-4-5-11(19)10(6-9)18(20,21)22/h4-6H,3,7H2,1-2H3,(H,23,24,25). The number of aryl methyl sites for hydroxylation is 1. The summed E-state index contributed by atoms with van der Waals surface area (Å²) >= 11 is 0.975. The average molecular weight is 414 g/mol. The number of fused-ring (bicyclic) bond motifs is 1. The first kappa shape index (κ1) is 20.0. The molecule has 0 unspecified atom stereocenters. The van der Waals surface area contributed by atoms with Gasteiger partial charge in [-0.25, -0.2) is 14.2 Å². The third kappa shape index (κ3) is 3.77. The highest BCUT2D eigenvalue weighted by Gasteiger charge is 2.34. The van der Waals surface area contributed by atoms with E-state index in [9.17, 15) is 27.2 Å². The Balaban J connectivity index is 2.02. The Kier molecular flexibility index (Phi) is 5.24. The summed E-state index contributed by atoms with van der Waals surface area (Å²) in [7, 11) is 0. The van der Waals surface area contributed by atoms with E-state index in [4.69, 9.17) is 4.74 Å². The lowest BCUT2D eigenvalue weighted by Crippen LogP contribution is -2.13. The Morgan fingerprint density at radius 2 is 2.04 bits per heavy atom. The maximum atomic E-state index is 13.4. The molecular weight excluding hydrogens is 400 g/mol. The number of hydrogen-bond acceptors (Lipinski definition) is 5. The van der Waals surface area contributed by atoms with Crippen LogP contribution >= 0.6 is 11.3 Å². The van der Waals surface area contributed by atoms with Crippen molar-refractivity contribution >= 4 is 27.5 Å². The number of carbonyl (C=O) groups excluding carboxylic acids is 1. The van der Waals surface area contributed by atoms with Crippen molar-refractivity contribution in [3.63, 3.8) is 0 Å². The van der Waals surface area contributed by atoms with Gasteiger partial charge < -0.3 is 9.72 Å². The number of halogens is 4. The Labute approximate surface area is 160 Å². The van der Waals surface area contributed by atoms with E-state index >= 15 is 0 Å². The SMILES string of the molecule is CCOC(=O)c1sc2nc(Cc3ccc(F)c(C(F)(F)F)c3)[nH]c(=O)c2c1C. The molecule has 2 aromatic heterocycles. The maximum Gasteiger partial charge on any atom is 0.419 e. The zero-order chi connectivity index (χ0) is 20.6. The summed E-state index contributed by atoms with van der Waals surface area (Å²) in [5.41, 5.74) is -1.33. The van der Waals surface area contributed by atoms with Crippen molar-refractivity contribution in [3.8, 4) is 0 Å². The van der Waals surface area contributed by atoms with Crippen LogP contribution in [0, 0.1) is 12.7 Å². The van der Waals surface area contributed by atoms with Gasteiger partial charge in [0.05, 0.1) is 17.6 Å². The van der Waals surface area contributed by atoms with Crippen LogP contribution in [0.1, 0.15) is 39.1 Å². The van der Waals surface area contributed by atoms with E-state index in [2.05, 4.69) is 9.97 Å². The molecular formula is C18H14F4N2O3S. The molecule has 0 radical (unpaired) electrons. The van der Waals surface area contributed by atoms with Crippen LogP contribution in [0.15, 0.2) is 23.0 Å². The Morgan fingerprint density at radius 1 is 1.32 bits per heavy atom. The minimum Gasteiger partial charge on any atom is -0.462 e. The number of esters is 1. The first-order valence-corrected chi connectivity index (χ1v) is 8.98. The number of carbonyl (C=O) groups is 1. The number of H-pyrrole nitrogens is 1. The van der Waals surface area contributed by atoms with E-state index in [1.807, 2.05) is 0 Å². The van der Waals surface area contributed by atoms with Crippen LogP contribution in [-0.2, 0) is 17.3 Å². The number of rotatable bonds is 4. The summed E-state index contributed by atoms with van der Waals surface area (Å²) in [6, 6.07) is 2.60. The third-order valence-corrected chi connectivity index (χ3v) is 5.18. The second-order valence-electron chi connectivity index (χ2n) is 5.96. The third-order valence-electron chi connectivity index (χ3n) is 4.02. The molecule has 2 heterocycles. The van der Waals surface area contributed by atoms with E-state index < -0.39 is 29.1 Å². The molecule has 0 aliphatic rings. The number of nitrogens with one attached hydrogen (secondary N) is 1. The van der Waals surface area contributed by atoms with Gasteiger partial charge in [-0.1, -0.05) is 6.07 Å². The predicted molar refractivity (Wildman–Crippen MR) is 95.1 cm³/mol. The van der Waals surface area contributed by atoms with E-state index in [-0.39, 0.29) is 39.5 Å². The summed E-state index contributed by atoms with van der Waals surface area (Å²) in [5.74, 6) is -1.84. The fourth-order valence-corrected chi connectivity index (χ4v) is 3.85. The minimum absolute atomic E-state index is 0.105. The predicted octanol–water partition coefficient (Wildman–Crippen LogP) is 4.22. The molecule has 1 N–H and O–H groups in total. The quantitative estimate of drug-likeness (QED) is 0.513. The maximum absolute atomic E-state index is 13.4. The van der Waals surface area contributed by atoms with Crippen molar-refractivity contribution in [1.82, 2.24) is 9.97 Å². The monoisotopic (exact) mass is 414 g/mol. The summed E-state index contributed by atoms with van der Waals surface area (Å²) in [6.45, 7) is 3.42. The molecule has 0 bridgehead atoms. The van der Waals surface area contributed by atoms with E-state index in [1.54, 1.807) is 13.8 Å². The normalized spacial score (nSPS) is 11.8. The molecule has 0 atom stereocenters. The summed E-state index contributed by atoms with van der Waals surface area (Å²) in [4.78, 5) is 31.7. The summed E-state index contributed by atoms with van der Waals surface area (Å²) < 4.78 is 57.0.